The maximum absolute atomic E-state index is 13.0. The minimum atomic E-state index is -4.56. The van der Waals surface area contributed by atoms with Crippen molar-refractivity contribution in [3.05, 3.63) is 47.4 Å². The Labute approximate surface area is 192 Å². The van der Waals surface area contributed by atoms with Crippen LogP contribution in [0.2, 0.25) is 0 Å². The molecule has 2 N–H and O–H groups in total. The van der Waals surface area contributed by atoms with E-state index in [0.717, 1.165) is 47.6 Å². The number of rotatable bonds is 4. The number of benzene rings is 1. The molecule has 0 bridgehead atoms. The normalized spacial score (nSPS) is 17.7. The average molecular weight is 474 g/mol. The van der Waals surface area contributed by atoms with E-state index >= 15 is 0 Å². The first-order chi connectivity index (χ1) is 16.2. The summed E-state index contributed by atoms with van der Waals surface area (Å²) in [5.74, 6) is -1.26. The summed E-state index contributed by atoms with van der Waals surface area (Å²) in [4.78, 5) is 25.0. The van der Waals surface area contributed by atoms with Crippen LogP contribution in [-0.4, -0.2) is 41.4 Å². The number of carbonyl (C=O) groups is 2. The van der Waals surface area contributed by atoms with E-state index in [2.05, 4.69) is 15.5 Å². The van der Waals surface area contributed by atoms with Crippen LogP contribution in [0.1, 0.15) is 30.2 Å². The Balaban J connectivity index is 1.42. The van der Waals surface area contributed by atoms with Gasteiger partial charge in [-0.3, -0.25) is 14.8 Å². The lowest BCUT2D eigenvalue weighted by molar-refractivity contribution is -0.153. The number of anilines is 1. The summed E-state index contributed by atoms with van der Waals surface area (Å²) in [6.07, 6.45) is -2.29. The van der Waals surface area contributed by atoms with Crippen LogP contribution in [0.4, 0.5) is 23.7 Å². The van der Waals surface area contributed by atoms with Gasteiger partial charge in [0, 0.05) is 29.3 Å². The number of nitrogens with one attached hydrogen (secondary N) is 2. The molecule has 34 heavy (non-hydrogen) atoms. The van der Waals surface area contributed by atoms with Crippen LogP contribution < -0.4 is 10.2 Å². The number of aryl methyl sites for hydroxylation is 1. The van der Waals surface area contributed by atoms with E-state index in [-0.39, 0.29) is 18.0 Å². The zero-order chi connectivity index (χ0) is 24.0. The van der Waals surface area contributed by atoms with E-state index in [9.17, 15) is 22.8 Å². The first kappa shape index (κ1) is 22.1. The van der Waals surface area contributed by atoms with Crippen LogP contribution in [0.25, 0.3) is 22.5 Å². The number of furan rings is 1. The average Bonchev–Trinajstić information content (AvgIpc) is 3.48. The van der Waals surface area contributed by atoms with Crippen molar-refractivity contribution in [1.82, 2.24) is 15.5 Å². The number of aromatic amines is 1. The predicted octanol–water partition coefficient (Wildman–Crippen LogP) is 4.31. The van der Waals surface area contributed by atoms with E-state index in [1.54, 1.807) is 6.07 Å². The van der Waals surface area contributed by atoms with Crippen LogP contribution in [0.15, 0.2) is 34.9 Å². The van der Waals surface area contributed by atoms with Crippen molar-refractivity contribution >= 4 is 17.7 Å². The molecule has 1 fully saturated rings. The Morgan fingerprint density at radius 1 is 1.29 bits per heavy atom. The van der Waals surface area contributed by atoms with E-state index in [1.807, 2.05) is 12.1 Å². The Morgan fingerprint density at radius 2 is 2.12 bits per heavy atom. The second kappa shape index (κ2) is 8.23. The van der Waals surface area contributed by atoms with Gasteiger partial charge in [-0.05, 0) is 43.0 Å². The van der Waals surface area contributed by atoms with Gasteiger partial charge in [0.05, 0.1) is 24.5 Å². The highest BCUT2D eigenvalue weighted by Gasteiger charge is 2.36. The van der Waals surface area contributed by atoms with Gasteiger partial charge in [-0.25, -0.2) is 4.79 Å². The number of amides is 2. The molecule has 1 saturated heterocycles. The molecule has 1 aromatic carbocycles. The van der Waals surface area contributed by atoms with E-state index in [0.29, 0.717) is 24.3 Å². The van der Waals surface area contributed by atoms with Crippen LogP contribution in [-0.2, 0) is 28.5 Å². The second-order valence-electron chi connectivity index (χ2n) is 8.37. The molecule has 3 aromatic rings. The molecule has 0 saturated carbocycles. The number of alkyl halides is 3. The number of hydrogen-bond donors (Lipinski definition) is 2. The molecule has 8 nitrogen and oxygen atoms in total. The Kier molecular flexibility index (Phi) is 5.34. The van der Waals surface area contributed by atoms with Gasteiger partial charge in [0.15, 0.2) is 0 Å². The molecule has 0 spiro atoms. The maximum atomic E-state index is 13.0. The van der Waals surface area contributed by atoms with Crippen molar-refractivity contribution < 1.29 is 31.9 Å². The van der Waals surface area contributed by atoms with Gasteiger partial charge >= 0.3 is 12.3 Å². The number of halogens is 3. The lowest BCUT2D eigenvalue weighted by Crippen LogP contribution is -2.33. The van der Waals surface area contributed by atoms with Crippen LogP contribution in [0.3, 0.4) is 0 Å². The number of ether oxygens (including phenoxy) is 1. The third-order valence-electron chi connectivity index (χ3n) is 6.01. The molecule has 2 aliphatic rings. The number of hydrogen-bond acceptors (Lipinski definition) is 5. The Bertz CT molecular complexity index is 1260. The predicted molar refractivity (Wildman–Crippen MR) is 115 cm³/mol. The summed E-state index contributed by atoms with van der Waals surface area (Å²) in [7, 11) is 0. The third-order valence-corrected chi connectivity index (χ3v) is 6.01. The van der Waals surface area contributed by atoms with Crippen molar-refractivity contribution in [2.45, 2.75) is 38.5 Å². The molecule has 1 unspecified atom stereocenters. The number of carbonyl (C=O) groups excluding carboxylic acids is 2. The summed E-state index contributed by atoms with van der Waals surface area (Å²) < 4.78 is 49.0. The molecule has 5 rings (SSSR count). The van der Waals surface area contributed by atoms with Gasteiger partial charge in [-0.2, -0.15) is 18.3 Å². The van der Waals surface area contributed by atoms with Crippen molar-refractivity contribution in [1.29, 1.82) is 0 Å². The fraction of sp³-hybridized carbons (Fsp3) is 0.348. The van der Waals surface area contributed by atoms with Crippen molar-refractivity contribution in [3.8, 4) is 22.5 Å². The highest BCUT2D eigenvalue weighted by Crippen LogP contribution is 2.40. The molecule has 2 amide bonds. The molecule has 178 valence electrons. The van der Waals surface area contributed by atoms with Crippen molar-refractivity contribution in [2.75, 3.05) is 18.0 Å². The fourth-order valence-electron chi connectivity index (χ4n) is 4.43. The molecule has 2 aromatic heterocycles. The van der Waals surface area contributed by atoms with Gasteiger partial charge in [0.2, 0.25) is 11.7 Å². The SMILES string of the molecule is CC(=O)NCC1CN(c2ccc3c(c2)CCCc2c(-c4coc(C(F)(F)F)c4)n[nH]c2-3)C(=O)O1. The van der Waals surface area contributed by atoms with Gasteiger partial charge in [0.1, 0.15) is 12.4 Å². The molecular weight excluding hydrogens is 453 g/mol. The fourth-order valence-corrected chi connectivity index (χ4v) is 4.43. The van der Waals surface area contributed by atoms with Gasteiger partial charge < -0.3 is 14.5 Å². The van der Waals surface area contributed by atoms with E-state index in [1.165, 1.54) is 11.8 Å². The van der Waals surface area contributed by atoms with Crippen molar-refractivity contribution in [2.24, 2.45) is 0 Å². The van der Waals surface area contributed by atoms with Crippen molar-refractivity contribution in [3.63, 3.8) is 0 Å². The zero-order valence-electron chi connectivity index (χ0n) is 18.2. The molecule has 3 heterocycles. The summed E-state index contributed by atoms with van der Waals surface area (Å²) in [5.41, 5.74) is 4.85. The molecule has 11 heteroatoms. The molecule has 1 atom stereocenters. The number of nitrogens with zero attached hydrogens (tertiary/aromatic N) is 2. The third kappa shape index (κ3) is 4.02. The topological polar surface area (TPSA) is 100 Å². The van der Waals surface area contributed by atoms with Crippen LogP contribution in [0, 0.1) is 0 Å². The quantitative estimate of drug-likeness (QED) is 0.587. The first-order valence-electron chi connectivity index (χ1n) is 10.8. The highest BCUT2D eigenvalue weighted by atomic mass is 19.4. The van der Waals surface area contributed by atoms with Gasteiger partial charge in [-0.15, -0.1) is 0 Å². The zero-order valence-corrected chi connectivity index (χ0v) is 18.2. The smallest absolute Gasteiger partial charge is 0.449 e. The molecule has 1 aliphatic carbocycles. The monoisotopic (exact) mass is 474 g/mol. The Morgan fingerprint density at radius 3 is 2.85 bits per heavy atom. The summed E-state index contributed by atoms with van der Waals surface area (Å²) >= 11 is 0. The number of aromatic nitrogens is 2. The van der Waals surface area contributed by atoms with Crippen LogP contribution in [0.5, 0.6) is 0 Å². The van der Waals surface area contributed by atoms with E-state index < -0.39 is 24.1 Å². The first-order valence-corrected chi connectivity index (χ1v) is 10.8. The van der Waals surface area contributed by atoms with Gasteiger partial charge in [-0.1, -0.05) is 6.07 Å². The Hall–Kier alpha value is -3.76. The second-order valence-corrected chi connectivity index (χ2v) is 8.37. The molecule has 1 aliphatic heterocycles. The minimum absolute atomic E-state index is 0.195. The lowest BCUT2D eigenvalue weighted by Gasteiger charge is -2.16. The molecule has 0 radical (unpaired) electrons. The largest absolute Gasteiger partial charge is 0.459 e. The molecular formula is C23H21F3N4O4. The number of fused-ring (bicyclic) bond motifs is 3. The number of H-pyrrole nitrogens is 1. The van der Waals surface area contributed by atoms with E-state index in [4.69, 9.17) is 9.15 Å². The van der Waals surface area contributed by atoms with Crippen LogP contribution >= 0.6 is 0 Å². The maximum Gasteiger partial charge on any atom is 0.449 e. The summed E-state index contributed by atoms with van der Waals surface area (Å²) in [6.45, 7) is 1.96. The number of cyclic esters (lactones) is 1. The summed E-state index contributed by atoms with van der Waals surface area (Å²) in [5, 5.41) is 9.92. The highest BCUT2D eigenvalue weighted by molar-refractivity contribution is 5.91. The standard InChI is InChI=1S/C23H21F3N4O4/c1-12(31)27-9-16-10-30(22(32)34-16)15-5-6-17-13(7-15)3-2-4-18-20(28-29-21(17)18)14-8-19(33-11-14)23(24,25)26/h5-8,11,16H,2-4,9-10H2,1H3,(H,27,31)(H,28,29). The van der Waals surface area contributed by atoms with Gasteiger partial charge in [0.25, 0.3) is 0 Å². The lowest BCUT2D eigenvalue weighted by atomic mass is 10.00. The minimum Gasteiger partial charge on any atom is -0.459 e. The summed E-state index contributed by atoms with van der Waals surface area (Å²) in [6, 6.07) is 6.56.